The number of H-pyrrole nitrogens is 1. The number of hydrogen-bond donors (Lipinski definition) is 2. The van der Waals surface area contributed by atoms with Crippen LogP contribution in [0.1, 0.15) is 35.2 Å². The molecule has 3 rings (SSSR count). The molecule has 0 amide bonds. The van der Waals surface area contributed by atoms with Crippen molar-refractivity contribution < 1.29 is 26.0 Å². The van der Waals surface area contributed by atoms with Crippen LogP contribution in [0.25, 0.3) is 0 Å². The van der Waals surface area contributed by atoms with Gasteiger partial charge < -0.3 is 10.3 Å². The highest BCUT2D eigenvalue weighted by molar-refractivity contribution is 7.90. The van der Waals surface area contributed by atoms with Crippen molar-refractivity contribution in [2.45, 2.75) is 24.4 Å². The molecule has 12 heteroatoms. The minimum Gasteiger partial charge on any atom is -0.356 e. The molecule has 0 aliphatic heterocycles. The van der Waals surface area contributed by atoms with Crippen molar-refractivity contribution in [3.05, 3.63) is 69.8 Å². The molecule has 2 N–H and O–H groups in total. The van der Waals surface area contributed by atoms with Gasteiger partial charge in [-0.2, -0.15) is 0 Å². The molecule has 30 heavy (non-hydrogen) atoms. The predicted molar refractivity (Wildman–Crippen MR) is 102 cm³/mol. The molecule has 0 bridgehead atoms. The van der Waals surface area contributed by atoms with Gasteiger partial charge in [-0.05, 0) is 36.8 Å². The zero-order valence-electron chi connectivity index (χ0n) is 15.6. The van der Waals surface area contributed by atoms with Gasteiger partial charge in [0.2, 0.25) is 0 Å². The van der Waals surface area contributed by atoms with Crippen molar-refractivity contribution in [3.8, 4) is 0 Å². The highest BCUT2D eigenvalue weighted by Crippen LogP contribution is 2.30. The van der Waals surface area contributed by atoms with Crippen molar-refractivity contribution in [1.29, 1.82) is 0 Å². The van der Waals surface area contributed by atoms with E-state index in [1.165, 1.54) is 19.1 Å². The fourth-order valence-corrected chi connectivity index (χ4v) is 3.87. The summed E-state index contributed by atoms with van der Waals surface area (Å²) in [6.45, 7) is 1.49. The third kappa shape index (κ3) is 4.57. The summed E-state index contributed by atoms with van der Waals surface area (Å²) in [5, 5.41) is 2.37. The largest absolute Gasteiger partial charge is 0.356 e. The number of benzene rings is 1. The molecule has 2 heterocycles. The standard InChI is InChI=1S/C18H15ClF4N4O2S/c1-8-18(30(2,28)29)27-17(24-8)14(9-3-4-11(20)10(19)7-9)25-13-6-5-12(21)15(26-13)16(22)23/h3-7,14,16H,1-2H3,(H,24,27)(H,25,26). The molecule has 0 aliphatic carbocycles. The Labute approximate surface area is 174 Å². The molecule has 0 aliphatic rings. The lowest BCUT2D eigenvalue weighted by atomic mass is 10.1. The Kier molecular flexibility index (Phi) is 6.04. The summed E-state index contributed by atoms with van der Waals surface area (Å²) in [7, 11) is -3.66. The number of aryl methyl sites for hydroxylation is 1. The number of hydrogen-bond acceptors (Lipinski definition) is 5. The fourth-order valence-electron chi connectivity index (χ4n) is 2.81. The Bertz CT molecular complexity index is 1200. The van der Waals surface area contributed by atoms with E-state index < -0.39 is 39.6 Å². The number of nitrogens with zero attached hydrogens (tertiary/aromatic N) is 2. The maximum atomic E-state index is 13.6. The second-order valence-corrected chi connectivity index (χ2v) is 8.78. The SMILES string of the molecule is Cc1[nH]c(C(Nc2ccc(F)c(C(F)F)n2)c2ccc(F)c(Cl)c2)nc1S(C)(=O)=O. The first kappa shape index (κ1) is 22.0. The van der Waals surface area contributed by atoms with E-state index in [0.717, 1.165) is 24.5 Å². The molecule has 3 aromatic rings. The fraction of sp³-hybridized carbons (Fsp3) is 0.222. The van der Waals surface area contributed by atoms with Gasteiger partial charge in [-0.25, -0.2) is 35.9 Å². The van der Waals surface area contributed by atoms with E-state index in [2.05, 4.69) is 20.3 Å². The van der Waals surface area contributed by atoms with Gasteiger partial charge in [-0.1, -0.05) is 17.7 Å². The average molecular weight is 463 g/mol. The van der Waals surface area contributed by atoms with Crippen molar-refractivity contribution >= 4 is 27.3 Å². The third-order valence-electron chi connectivity index (χ3n) is 4.13. The lowest BCUT2D eigenvalue weighted by molar-refractivity contribution is 0.140. The summed E-state index contributed by atoms with van der Waals surface area (Å²) in [5.74, 6) is -1.91. The first-order valence-electron chi connectivity index (χ1n) is 8.40. The topological polar surface area (TPSA) is 87.7 Å². The zero-order valence-corrected chi connectivity index (χ0v) is 17.1. The summed E-state index contributed by atoms with van der Waals surface area (Å²) in [5.41, 5.74) is -0.476. The summed E-state index contributed by atoms with van der Waals surface area (Å²) in [6, 6.07) is 4.68. The molecule has 1 aromatic carbocycles. The molecular weight excluding hydrogens is 448 g/mol. The van der Waals surface area contributed by atoms with Gasteiger partial charge in [-0.15, -0.1) is 0 Å². The van der Waals surface area contributed by atoms with Gasteiger partial charge in [0.1, 0.15) is 29.2 Å². The Morgan fingerprint density at radius 2 is 1.77 bits per heavy atom. The van der Waals surface area contributed by atoms with E-state index in [9.17, 15) is 26.0 Å². The van der Waals surface area contributed by atoms with Crippen LogP contribution in [0.4, 0.5) is 23.4 Å². The van der Waals surface area contributed by atoms with Gasteiger partial charge in [0.25, 0.3) is 6.43 Å². The number of halogens is 5. The minimum atomic E-state index is -3.66. The maximum Gasteiger partial charge on any atom is 0.283 e. The Morgan fingerprint density at radius 3 is 2.33 bits per heavy atom. The molecule has 0 spiro atoms. The molecular formula is C18H15ClF4N4O2S. The van der Waals surface area contributed by atoms with E-state index in [1.807, 2.05) is 0 Å². The second kappa shape index (κ2) is 8.23. The average Bonchev–Trinajstić information content (AvgIpc) is 3.05. The predicted octanol–water partition coefficient (Wildman–Crippen LogP) is 4.59. The summed E-state index contributed by atoms with van der Waals surface area (Å²) >= 11 is 5.85. The van der Waals surface area contributed by atoms with Gasteiger partial charge in [0.15, 0.2) is 20.7 Å². The molecule has 0 saturated heterocycles. The second-order valence-electron chi connectivity index (χ2n) is 6.44. The first-order valence-corrected chi connectivity index (χ1v) is 10.7. The van der Waals surface area contributed by atoms with Crippen LogP contribution < -0.4 is 5.32 Å². The number of aromatic amines is 1. The van der Waals surface area contributed by atoms with Gasteiger partial charge in [0, 0.05) is 6.26 Å². The molecule has 2 aromatic heterocycles. The van der Waals surface area contributed by atoms with Crippen molar-refractivity contribution in [2.75, 3.05) is 11.6 Å². The lowest BCUT2D eigenvalue weighted by Crippen LogP contribution is -2.16. The first-order chi connectivity index (χ1) is 14.0. The number of nitrogens with one attached hydrogen (secondary N) is 2. The van der Waals surface area contributed by atoms with Crippen LogP contribution in [0.3, 0.4) is 0 Å². The number of sulfone groups is 1. The van der Waals surface area contributed by atoms with Crippen LogP contribution in [0.15, 0.2) is 35.4 Å². The normalized spacial score (nSPS) is 12.9. The smallest absolute Gasteiger partial charge is 0.283 e. The van der Waals surface area contributed by atoms with Crippen LogP contribution in [0, 0.1) is 18.6 Å². The van der Waals surface area contributed by atoms with E-state index >= 15 is 0 Å². The molecule has 1 unspecified atom stereocenters. The Balaban J connectivity index is 2.11. The summed E-state index contributed by atoms with van der Waals surface area (Å²) < 4.78 is 77.0. The van der Waals surface area contributed by atoms with Crippen LogP contribution in [-0.2, 0) is 9.84 Å². The Morgan fingerprint density at radius 1 is 1.10 bits per heavy atom. The third-order valence-corrected chi connectivity index (χ3v) is 5.52. The van der Waals surface area contributed by atoms with Crippen LogP contribution >= 0.6 is 11.6 Å². The number of anilines is 1. The molecule has 0 fully saturated rings. The zero-order chi connectivity index (χ0) is 22.2. The summed E-state index contributed by atoms with van der Waals surface area (Å²) in [6.07, 6.45) is -2.17. The molecule has 6 nitrogen and oxygen atoms in total. The van der Waals surface area contributed by atoms with E-state index in [1.54, 1.807) is 0 Å². The number of imidazole rings is 1. The van der Waals surface area contributed by atoms with Crippen LogP contribution in [0.2, 0.25) is 5.02 Å². The van der Waals surface area contributed by atoms with E-state index in [0.29, 0.717) is 5.56 Å². The van der Waals surface area contributed by atoms with Crippen LogP contribution in [-0.4, -0.2) is 29.6 Å². The van der Waals surface area contributed by atoms with E-state index in [4.69, 9.17) is 11.6 Å². The quantitative estimate of drug-likeness (QED) is 0.523. The van der Waals surface area contributed by atoms with Crippen LogP contribution in [0.5, 0.6) is 0 Å². The molecule has 160 valence electrons. The maximum absolute atomic E-state index is 13.6. The highest BCUT2D eigenvalue weighted by Gasteiger charge is 2.25. The van der Waals surface area contributed by atoms with Crippen molar-refractivity contribution in [1.82, 2.24) is 15.0 Å². The van der Waals surface area contributed by atoms with Crippen molar-refractivity contribution in [3.63, 3.8) is 0 Å². The molecule has 0 radical (unpaired) electrons. The van der Waals surface area contributed by atoms with Gasteiger partial charge in [-0.3, -0.25) is 0 Å². The molecule has 0 saturated carbocycles. The number of pyridine rings is 1. The van der Waals surface area contributed by atoms with Gasteiger partial charge >= 0.3 is 0 Å². The molecule has 1 atom stereocenters. The number of rotatable bonds is 6. The number of aromatic nitrogens is 3. The van der Waals surface area contributed by atoms with E-state index in [-0.39, 0.29) is 27.4 Å². The van der Waals surface area contributed by atoms with Gasteiger partial charge in [0.05, 0.1) is 10.7 Å². The number of alkyl halides is 2. The minimum absolute atomic E-state index is 0.0836. The van der Waals surface area contributed by atoms with Crippen molar-refractivity contribution in [2.24, 2.45) is 0 Å². The summed E-state index contributed by atoms with van der Waals surface area (Å²) in [4.78, 5) is 10.5. The monoisotopic (exact) mass is 462 g/mol. The lowest BCUT2D eigenvalue weighted by Gasteiger charge is -2.19. The highest BCUT2D eigenvalue weighted by atomic mass is 35.5. The Hall–Kier alpha value is -2.66.